The van der Waals surface area contributed by atoms with Gasteiger partial charge in [0, 0.05) is 11.3 Å². The Labute approximate surface area is 172 Å². The molecule has 5 atom stereocenters. The van der Waals surface area contributed by atoms with Crippen molar-refractivity contribution in [2.75, 3.05) is 0 Å². The molecule has 2 nitrogen and oxygen atoms in total. The van der Waals surface area contributed by atoms with Crippen LogP contribution in [0.5, 0.6) is 5.75 Å². The molecule has 3 rings (SSSR count). The highest BCUT2D eigenvalue weighted by Crippen LogP contribution is 2.52. The van der Waals surface area contributed by atoms with Crippen molar-refractivity contribution in [2.24, 2.45) is 11.8 Å². The van der Waals surface area contributed by atoms with Crippen LogP contribution < -0.4 is 4.74 Å². The average Bonchev–Trinajstić information content (AvgIpc) is 2.72. The maximum Gasteiger partial charge on any atom is 0.352 e. The second kappa shape index (κ2) is 8.44. The molecule has 1 aromatic carbocycles. The van der Waals surface area contributed by atoms with Gasteiger partial charge in [-0.25, -0.2) is 26.7 Å². The van der Waals surface area contributed by atoms with Crippen LogP contribution in [0.4, 0.5) is 22.0 Å². The maximum absolute atomic E-state index is 15.5. The van der Waals surface area contributed by atoms with Gasteiger partial charge in [0.05, 0.1) is 0 Å². The molecule has 0 aromatic heterocycles. The van der Waals surface area contributed by atoms with Crippen molar-refractivity contribution in [1.29, 1.82) is 0 Å². The van der Waals surface area contributed by atoms with E-state index in [0.29, 0.717) is 23.7 Å². The highest BCUT2D eigenvalue weighted by Gasteiger charge is 2.70. The molecule has 29 heavy (non-hydrogen) atoms. The van der Waals surface area contributed by atoms with Gasteiger partial charge in [-0.1, -0.05) is 26.2 Å². The van der Waals surface area contributed by atoms with Crippen molar-refractivity contribution in [3.63, 3.8) is 0 Å². The van der Waals surface area contributed by atoms with E-state index >= 15 is 8.78 Å². The Balaban J connectivity index is 1.77. The zero-order chi connectivity index (χ0) is 21.4. The normalized spacial score (nSPS) is 40.4. The van der Waals surface area contributed by atoms with Gasteiger partial charge in [0.1, 0.15) is 11.9 Å². The molecule has 0 aliphatic heterocycles. The van der Waals surface area contributed by atoms with Crippen molar-refractivity contribution < 1.29 is 31.5 Å². The van der Waals surface area contributed by atoms with Crippen molar-refractivity contribution in [2.45, 2.75) is 80.2 Å². The minimum absolute atomic E-state index is 0.127. The Bertz CT molecular complexity index is 724. The summed E-state index contributed by atoms with van der Waals surface area (Å²) >= 11 is 4.04. The first-order chi connectivity index (χ1) is 13.6. The largest absolute Gasteiger partial charge is 0.424 e. The molecule has 2 aliphatic carbocycles. The number of halogens is 5. The quantitative estimate of drug-likeness (QED) is 0.274. The number of benzene rings is 1. The zero-order valence-corrected chi connectivity index (χ0v) is 17.0. The highest BCUT2D eigenvalue weighted by molar-refractivity contribution is 7.80. The molecule has 2 fully saturated rings. The Morgan fingerprint density at radius 1 is 1.07 bits per heavy atom. The molecular formula is C21H25F5O2S. The molecule has 0 radical (unpaired) electrons. The first-order valence-electron chi connectivity index (χ1n) is 9.94. The smallest absolute Gasteiger partial charge is 0.352 e. The third kappa shape index (κ3) is 4.01. The predicted molar refractivity (Wildman–Crippen MR) is 102 cm³/mol. The van der Waals surface area contributed by atoms with Crippen LogP contribution in [0, 0.1) is 11.8 Å². The van der Waals surface area contributed by atoms with Crippen LogP contribution >= 0.6 is 12.6 Å². The monoisotopic (exact) mass is 436 g/mol. The molecule has 162 valence electrons. The molecule has 0 spiro atoms. The molecule has 5 unspecified atom stereocenters. The van der Waals surface area contributed by atoms with Gasteiger partial charge in [-0.15, -0.1) is 12.6 Å². The van der Waals surface area contributed by atoms with Crippen LogP contribution in [0.25, 0.3) is 0 Å². The summed E-state index contributed by atoms with van der Waals surface area (Å²) in [6.07, 6.45) is -7.83. The van der Waals surface area contributed by atoms with Gasteiger partial charge in [-0.2, -0.15) is 0 Å². The van der Waals surface area contributed by atoms with E-state index in [1.54, 1.807) is 0 Å². The summed E-state index contributed by atoms with van der Waals surface area (Å²) in [4.78, 5) is 12.8. The van der Waals surface area contributed by atoms with Crippen molar-refractivity contribution in [1.82, 2.24) is 0 Å². The number of esters is 1. The SMILES string of the molecule is CCC1CCC(C2(F)C(F)CC(F)(C(=O)Oc3ccc(S)cc3)C(F)C2F)CC1. The Kier molecular flexibility index (Phi) is 6.51. The highest BCUT2D eigenvalue weighted by atomic mass is 32.1. The second-order valence-corrected chi connectivity index (χ2v) is 8.69. The van der Waals surface area contributed by atoms with E-state index in [1.807, 2.05) is 6.92 Å². The lowest BCUT2D eigenvalue weighted by Gasteiger charge is -2.48. The van der Waals surface area contributed by atoms with Crippen LogP contribution in [-0.2, 0) is 4.79 Å². The summed E-state index contributed by atoms with van der Waals surface area (Å²) in [6, 6.07) is 5.45. The van der Waals surface area contributed by atoms with Gasteiger partial charge in [-0.3, -0.25) is 0 Å². The molecule has 0 N–H and O–H groups in total. The molecule has 0 saturated heterocycles. The zero-order valence-electron chi connectivity index (χ0n) is 16.1. The summed E-state index contributed by atoms with van der Waals surface area (Å²) < 4.78 is 79.8. The molecule has 0 heterocycles. The molecule has 2 saturated carbocycles. The summed E-state index contributed by atoms with van der Waals surface area (Å²) in [5, 5.41) is 0. The number of hydrogen-bond acceptors (Lipinski definition) is 3. The van der Waals surface area contributed by atoms with Crippen molar-refractivity contribution in [3.8, 4) is 5.75 Å². The van der Waals surface area contributed by atoms with Crippen LogP contribution in [0.3, 0.4) is 0 Å². The van der Waals surface area contributed by atoms with E-state index in [2.05, 4.69) is 12.6 Å². The van der Waals surface area contributed by atoms with Gasteiger partial charge >= 0.3 is 5.97 Å². The summed E-state index contributed by atoms with van der Waals surface area (Å²) in [5.74, 6) is -2.59. The molecule has 0 amide bonds. The van der Waals surface area contributed by atoms with E-state index in [0.717, 1.165) is 6.42 Å². The minimum Gasteiger partial charge on any atom is -0.424 e. The van der Waals surface area contributed by atoms with E-state index in [-0.39, 0.29) is 18.6 Å². The maximum atomic E-state index is 15.5. The first-order valence-corrected chi connectivity index (χ1v) is 10.4. The fourth-order valence-electron chi connectivity index (χ4n) is 4.55. The van der Waals surface area contributed by atoms with E-state index in [4.69, 9.17) is 4.74 Å². The lowest BCUT2D eigenvalue weighted by Crippen LogP contribution is -2.67. The minimum atomic E-state index is -3.60. The molecular weight excluding hydrogens is 411 g/mol. The Morgan fingerprint density at radius 2 is 1.66 bits per heavy atom. The fraction of sp³-hybridized carbons (Fsp3) is 0.667. The van der Waals surface area contributed by atoms with Crippen molar-refractivity contribution in [3.05, 3.63) is 24.3 Å². The molecule has 8 heteroatoms. The number of hydrogen-bond donors (Lipinski definition) is 1. The van der Waals surface area contributed by atoms with E-state index in [1.165, 1.54) is 24.3 Å². The van der Waals surface area contributed by atoms with Crippen LogP contribution in [0.1, 0.15) is 45.4 Å². The van der Waals surface area contributed by atoms with E-state index < -0.39 is 48.2 Å². The second-order valence-electron chi connectivity index (χ2n) is 8.17. The third-order valence-corrected chi connectivity index (χ3v) is 6.81. The summed E-state index contributed by atoms with van der Waals surface area (Å²) in [5.41, 5.74) is -6.75. The molecule has 1 aromatic rings. The number of alkyl halides is 5. The number of carbonyl (C=O) groups excluding carboxylic acids is 1. The first kappa shape index (κ1) is 22.4. The van der Waals surface area contributed by atoms with Crippen LogP contribution in [0.2, 0.25) is 0 Å². The predicted octanol–water partition coefficient (Wildman–Crippen LogP) is 5.93. The van der Waals surface area contributed by atoms with Crippen LogP contribution in [-0.4, -0.2) is 35.8 Å². The van der Waals surface area contributed by atoms with Gasteiger partial charge in [0.25, 0.3) is 0 Å². The fourth-order valence-corrected chi connectivity index (χ4v) is 4.70. The number of ether oxygens (including phenoxy) is 1. The van der Waals surface area contributed by atoms with Crippen molar-refractivity contribution >= 4 is 18.6 Å². The lowest BCUT2D eigenvalue weighted by molar-refractivity contribution is -0.195. The van der Waals surface area contributed by atoms with Gasteiger partial charge < -0.3 is 4.74 Å². The van der Waals surface area contributed by atoms with Gasteiger partial charge in [0.2, 0.25) is 5.67 Å². The summed E-state index contributed by atoms with van der Waals surface area (Å²) in [7, 11) is 0. The van der Waals surface area contributed by atoms with E-state index in [9.17, 15) is 18.0 Å². The number of rotatable bonds is 4. The molecule has 2 aliphatic rings. The number of thiol groups is 1. The van der Waals surface area contributed by atoms with Crippen LogP contribution in [0.15, 0.2) is 29.2 Å². The molecule has 0 bridgehead atoms. The van der Waals surface area contributed by atoms with Gasteiger partial charge in [0.15, 0.2) is 18.0 Å². The standard InChI is InChI=1S/C21H25F5O2S/c1-2-12-3-5-13(6-4-12)21(26)16(22)11-20(25,17(23)18(21)24)19(27)28-14-7-9-15(29)10-8-14/h7-10,12-13,16-18,29H,2-6,11H2,1H3. The number of carbonyl (C=O) groups is 1. The third-order valence-electron chi connectivity index (χ3n) is 6.51. The Morgan fingerprint density at radius 3 is 2.21 bits per heavy atom. The topological polar surface area (TPSA) is 26.3 Å². The Hall–Kier alpha value is -1.31. The summed E-state index contributed by atoms with van der Waals surface area (Å²) in [6.45, 7) is 1.98. The average molecular weight is 436 g/mol. The van der Waals surface area contributed by atoms with Gasteiger partial charge in [-0.05, 0) is 48.9 Å². The lowest BCUT2D eigenvalue weighted by atomic mass is 9.64.